The first-order valence-electron chi connectivity index (χ1n) is 9.21. The highest BCUT2D eigenvalue weighted by Crippen LogP contribution is 2.22. The number of carbonyl (C=O) groups is 1. The molecule has 4 rings (SSSR count). The Labute approximate surface area is 177 Å². The van der Waals surface area contributed by atoms with Gasteiger partial charge in [-0.05, 0) is 48.9 Å². The minimum atomic E-state index is -0.347. The average Bonchev–Trinajstić information content (AvgIpc) is 3.15. The zero-order chi connectivity index (χ0) is 20.2. The van der Waals surface area contributed by atoms with Gasteiger partial charge >= 0.3 is 0 Å². The largest absolute Gasteiger partial charge is 0.339 e. The Morgan fingerprint density at radius 1 is 1.00 bits per heavy atom. The maximum atomic E-state index is 13.1. The van der Waals surface area contributed by atoms with Crippen LogP contribution in [0.4, 0.5) is 0 Å². The number of aromatic nitrogens is 3. The molecule has 0 radical (unpaired) electrons. The first kappa shape index (κ1) is 19.1. The van der Waals surface area contributed by atoms with Gasteiger partial charge in [-0.25, -0.2) is 4.68 Å². The Balaban J connectivity index is 1.64. The predicted molar refractivity (Wildman–Crippen MR) is 116 cm³/mol. The monoisotopic (exact) mass is 446 g/mol. The molecule has 1 N–H and O–H groups in total. The lowest BCUT2D eigenvalue weighted by atomic mass is 10.0. The predicted octanol–water partition coefficient (Wildman–Crippen LogP) is 4.86. The topological polar surface area (TPSA) is 59.8 Å². The quantitative estimate of drug-likeness (QED) is 0.476. The molecule has 1 atom stereocenters. The van der Waals surface area contributed by atoms with Gasteiger partial charge < -0.3 is 5.32 Å². The summed E-state index contributed by atoms with van der Waals surface area (Å²) >= 11 is 3.44. The normalized spacial score (nSPS) is 11.8. The molecule has 4 aromatic rings. The van der Waals surface area contributed by atoms with Crippen LogP contribution in [0.25, 0.3) is 5.69 Å². The molecule has 0 fully saturated rings. The minimum Gasteiger partial charge on any atom is -0.339 e. The van der Waals surface area contributed by atoms with Crippen molar-refractivity contribution in [2.24, 2.45) is 0 Å². The summed E-state index contributed by atoms with van der Waals surface area (Å²) in [5.74, 6) is -0.189. The van der Waals surface area contributed by atoms with E-state index in [2.05, 4.69) is 31.3 Å². The van der Waals surface area contributed by atoms with Crippen LogP contribution in [0, 0.1) is 6.92 Å². The maximum absolute atomic E-state index is 13.1. The zero-order valence-electron chi connectivity index (χ0n) is 15.8. The van der Waals surface area contributed by atoms with Crippen LogP contribution in [0.5, 0.6) is 0 Å². The summed E-state index contributed by atoms with van der Waals surface area (Å²) < 4.78 is 2.75. The fourth-order valence-corrected chi connectivity index (χ4v) is 3.47. The molecule has 6 heteroatoms. The standard InChI is InChI=1S/C23H19BrN4O/c1-16-20(15-26-28(16)19-12-10-18(24)11-13-19)23(29)27-22(17-7-3-2-4-8-17)21-9-5-6-14-25-21/h2-15,22H,1H3,(H,27,29). The third kappa shape index (κ3) is 4.12. The molecule has 0 saturated heterocycles. The maximum Gasteiger partial charge on any atom is 0.255 e. The minimum absolute atomic E-state index is 0.189. The second kappa shape index (κ2) is 8.41. The summed E-state index contributed by atoms with van der Waals surface area (Å²) in [4.78, 5) is 17.6. The number of nitrogens with zero attached hydrogens (tertiary/aromatic N) is 3. The van der Waals surface area contributed by atoms with Gasteiger partial charge in [0.05, 0.1) is 34.9 Å². The Morgan fingerprint density at radius 2 is 1.72 bits per heavy atom. The van der Waals surface area contributed by atoms with E-state index >= 15 is 0 Å². The van der Waals surface area contributed by atoms with Crippen molar-refractivity contribution < 1.29 is 4.79 Å². The van der Waals surface area contributed by atoms with Crippen molar-refractivity contribution >= 4 is 21.8 Å². The third-order valence-corrected chi connectivity index (χ3v) is 5.25. The highest BCUT2D eigenvalue weighted by molar-refractivity contribution is 9.10. The van der Waals surface area contributed by atoms with E-state index in [0.717, 1.165) is 27.1 Å². The van der Waals surface area contributed by atoms with Gasteiger partial charge in [-0.1, -0.05) is 52.3 Å². The molecule has 5 nitrogen and oxygen atoms in total. The molecule has 144 valence electrons. The second-order valence-electron chi connectivity index (χ2n) is 6.60. The van der Waals surface area contributed by atoms with Crippen LogP contribution in [-0.4, -0.2) is 20.7 Å². The van der Waals surface area contributed by atoms with E-state index in [-0.39, 0.29) is 11.9 Å². The highest BCUT2D eigenvalue weighted by Gasteiger charge is 2.22. The number of nitrogens with one attached hydrogen (secondary N) is 1. The number of pyridine rings is 1. The van der Waals surface area contributed by atoms with Gasteiger partial charge in [-0.2, -0.15) is 5.10 Å². The molecule has 2 aromatic carbocycles. The van der Waals surface area contributed by atoms with Crippen LogP contribution >= 0.6 is 15.9 Å². The van der Waals surface area contributed by atoms with E-state index in [1.165, 1.54) is 0 Å². The molecule has 1 amide bonds. The lowest BCUT2D eigenvalue weighted by molar-refractivity contribution is 0.0941. The van der Waals surface area contributed by atoms with Crippen LogP contribution in [-0.2, 0) is 0 Å². The molecule has 0 aliphatic rings. The van der Waals surface area contributed by atoms with E-state index in [4.69, 9.17) is 0 Å². The number of benzene rings is 2. The van der Waals surface area contributed by atoms with Crippen molar-refractivity contribution in [3.63, 3.8) is 0 Å². The number of rotatable bonds is 5. The van der Waals surface area contributed by atoms with Gasteiger partial charge in [-0.15, -0.1) is 0 Å². The Bertz CT molecular complexity index is 1070. The molecule has 0 aliphatic heterocycles. The van der Waals surface area contributed by atoms with Crippen LogP contribution in [0.15, 0.2) is 89.7 Å². The van der Waals surface area contributed by atoms with Gasteiger partial charge in [0.15, 0.2) is 0 Å². The Kier molecular flexibility index (Phi) is 5.53. The SMILES string of the molecule is Cc1c(C(=O)NC(c2ccccc2)c2ccccn2)cnn1-c1ccc(Br)cc1. The van der Waals surface area contributed by atoms with Gasteiger partial charge in [0.1, 0.15) is 0 Å². The summed E-state index contributed by atoms with van der Waals surface area (Å²) in [6.45, 7) is 1.89. The van der Waals surface area contributed by atoms with E-state index in [9.17, 15) is 4.79 Å². The van der Waals surface area contributed by atoms with Crippen molar-refractivity contribution in [1.29, 1.82) is 0 Å². The Hall–Kier alpha value is -3.25. The molecule has 0 bridgehead atoms. The zero-order valence-corrected chi connectivity index (χ0v) is 17.4. The van der Waals surface area contributed by atoms with Crippen molar-refractivity contribution in [3.05, 3.63) is 112 Å². The first-order chi connectivity index (χ1) is 14.1. The van der Waals surface area contributed by atoms with E-state index in [0.29, 0.717) is 5.56 Å². The lowest BCUT2D eigenvalue weighted by Gasteiger charge is -2.19. The van der Waals surface area contributed by atoms with E-state index in [1.807, 2.05) is 79.7 Å². The molecule has 0 saturated carbocycles. The fourth-order valence-electron chi connectivity index (χ4n) is 3.20. The van der Waals surface area contributed by atoms with E-state index < -0.39 is 0 Å². The highest BCUT2D eigenvalue weighted by atomic mass is 79.9. The summed E-state index contributed by atoms with van der Waals surface area (Å²) in [7, 11) is 0. The summed E-state index contributed by atoms with van der Waals surface area (Å²) in [5, 5.41) is 7.53. The number of halogens is 1. The third-order valence-electron chi connectivity index (χ3n) is 4.72. The first-order valence-corrected chi connectivity index (χ1v) is 10.00. The van der Waals surface area contributed by atoms with Gasteiger partial charge in [0.2, 0.25) is 0 Å². The molecular formula is C23H19BrN4O. The second-order valence-corrected chi connectivity index (χ2v) is 7.52. The fraction of sp³-hybridized carbons (Fsp3) is 0.0870. The number of amides is 1. The average molecular weight is 447 g/mol. The van der Waals surface area contributed by atoms with Crippen molar-refractivity contribution in [2.45, 2.75) is 13.0 Å². The van der Waals surface area contributed by atoms with E-state index in [1.54, 1.807) is 17.1 Å². The molecular weight excluding hydrogens is 428 g/mol. The van der Waals surface area contributed by atoms with Gasteiger partial charge in [-0.3, -0.25) is 9.78 Å². The van der Waals surface area contributed by atoms with Crippen molar-refractivity contribution in [3.8, 4) is 5.69 Å². The number of carbonyl (C=O) groups excluding carboxylic acids is 1. The number of hydrogen-bond donors (Lipinski definition) is 1. The van der Waals surface area contributed by atoms with Crippen molar-refractivity contribution in [1.82, 2.24) is 20.1 Å². The summed E-state index contributed by atoms with van der Waals surface area (Å²) in [5.41, 5.74) is 3.96. The van der Waals surface area contributed by atoms with Crippen molar-refractivity contribution in [2.75, 3.05) is 0 Å². The molecule has 2 heterocycles. The van der Waals surface area contributed by atoms with Crippen LogP contribution in [0.1, 0.15) is 33.4 Å². The Morgan fingerprint density at radius 3 is 2.41 bits per heavy atom. The summed E-state index contributed by atoms with van der Waals surface area (Å²) in [6.07, 6.45) is 3.33. The molecule has 0 aliphatic carbocycles. The molecule has 29 heavy (non-hydrogen) atoms. The molecule has 2 aromatic heterocycles. The van der Waals surface area contributed by atoms with Crippen LogP contribution in [0.2, 0.25) is 0 Å². The van der Waals surface area contributed by atoms with Crippen LogP contribution in [0.3, 0.4) is 0 Å². The molecule has 1 unspecified atom stereocenters. The number of hydrogen-bond acceptors (Lipinski definition) is 3. The molecule has 0 spiro atoms. The summed E-state index contributed by atoms with van der Waals surface area (Å²) in [6, 6.07) is 23.0. The van der Waals surface area contributed by atoms with Crippen LogP contribution < -0.4 is 5.32 Å². The smallest absolute Gasteiger partial charge is 0.255 e. The lowest BCUT2D eigenvalue weighted by Crippen LogP contribution is -2.30. The van der Waals surface area contributed by atoms with Gasteiger partial charge in [0, 0.05) is 10.7 Å². The van der Waals surface area contributed by atoms with Gasteiger partial charge in [0.25, 0.3) is 5.91 Å².